The van der Waals surface area contributed by atoms with Crippen molar-refractivity contribution in [1.82, 2.24) is 29.9 Å². The van der Waals surface area contributed by atoms with Crippen LogP contribution in [0, 0.1) is 23.7 Å². The van der Waals surface area contributed by atoms with Gasteiger partial charge in [-0.1, -0.05) is 315 Å². The zero-order valence-electron chi connectivity index (χ0n) is 61.2. The Labute approximate surface area is 627 Å². The highest BCUT2D eigenvalue weighted by molar-refractivity contribution is 5.97. The summed E-state index contributed by atoms with van der Waals surface area (Å²) in [5.41, 5.74) is 33.3. The van der Waals surface area contributed by atoms with Gasteiger partial charge in [-0.15, -0.1) is 0 Å². The highest BCUT2D eigenvalue weighted by atomic mass is 15.0. The topological polar surface area (TPSA) is 77.3 Å². The lowest BCUT2D eigenvalue weighted by Crippen LogP contribution is -2.49. The van der Waals surface area contributed by atoms with Gasteiger partial charge in [-0.25, -0.2) is 29.9 Å². The van der Waals surface area contributed by atoms with Crippen molar-refractivity contribution in [3.8, 4) is 157 Å². The van der Waals surface area contributed by atoms with Crippen molar-refractivity contribution in [2.75, 3.05) is 0 Å². The van der Waals surface area contributed by atoms with Gasteiger partial charge >= 0.3 is 0 Å². The first kappa shape index (κ1) is 64.5. The number of benzene rings is 13. The van der Waals surface area contributed by atoms with E-state index in [0.29, 0.717) is 52.7 Å². The number of aromatic nitrogens is 6. The largest absolute Gasteiger partial charge is 0.208 e. The van der Waals surface area contributed by atoms with E-state index in [1.807, 2.05) is 36.4 Å². The number of rotatable bonds is 11. The van der Waals surface area contributed by atoms with Crippen LogP contribution in [0.4, 0.5) is 0 Å². The minimum atomic E-state index is -0.316. The van der Waals surface area contributed by atoms with Crippen molar-refractivity contribution in [3.05, 3.63) is 337 Å². The number of hydrogen-bond acceptors (Lipinski definition) is 6. The lowest BCUT2D eigenvalue weighted by atomic mass is 9.49. The number of fused-ring (bicyclic) bond motifs is 14. The van der Waals surface area contributed by atoms with Crippen LogP contribution in [0.3, 0.4) is 0 Å². The number of nitrogens with zero attached hydrogens (tertiary/aromatic N) is 6. The molecule has 2 aromatic heterocycles. The van der Waals surface area contributed by atoms with Crippen LogP contribution in [0.5, 0.6) is 0 Å². The van der Waals surface area contributed by atoms with E-state index in [0.717, 1.165) is 50.4 Å². The summed E-state index contributed by atoms with van der Waals surface area (Å²) in [5.74, 6) is 6.49. The maximum absolute atomic E-state index is 5.26. The summed E-state index contributed by atoms with van der Waals surface area (Å²) in [6, 6.07) is 111. The monoisotopic (exact) mass is 1380 g/mol. The Morgan fingerprint density at radius 1 is 0.234 bits per heavy atom. The fraction of sp³-hybridized carbons (Fsp3) is 0.168. The Bertz CT molecular complexity index is 6020. The predicted octanol–water partition coefficient (Wildman–Crippen LogP) is 25.4. The van der Waals surface area contributed by atoms with Gasteiger partial charge in [0.1, 0.15) is 0 Å². The van der Waals surface area contributed by atoms with Crippen LogP contribution in [0.1, 0.15) is 101 Å². The van der Waals surface area contributed by atoms with Crippen LogP contribution in [0.15, 0.2) is 303 Å². The van der Waals surface area contributed by atoms with Gasteiger partial charge in [0.05, 0.1) is 0 Å². The molecule has 1 spiro atoms. The summed E-state index contributed by atoms with van der Waals surface area (Å²) in [6.07, 6.45) is 5.17. The molecule has 0 amide bonds. The molecule has 2 fully saturated rings. The van der Waals surface area contributed by atoms with E-state index < -0.39 is 0 Å². The normalized spacial score (nSPS) is 18.6. The van der Waals surface area contributed by atoms with Gasteiger partial charge in [0, 0.05) is 49.6 Å². The smallest absolute Gasteiger partial charge is 0.164 e. The van der Waals surface area contributed by atoms with Crippen molar-refractivity contribution in [2.24, 2.45) is 23.7 Å². The van der Waals surface area contributed by atoms with E-state index in [4.69, 9.17) is 29.9 Å². The van der Waals surface area contributed by atoms with Crippen LogP contribution < -0.4 is 0 Å². The molecule has 20 rings (SSSR count). The molecule has 5 aliphatic carbocycles. The minimum absolute atomic E-state index is 0.0703. The molecule has 6 heteroatoms. The van der Waals surface area contributed by atoms with Gasteiger partial charge in [0.25, 0.3) is 0 Å². The molecule has 5 unspecified atom stereocenters. The summed E-state index contributed by atoms with van der Waals surface area (Å²) < 4.78 is 0. The Balaban J connectivity index is 0.621. The second kappa shape index (κ2) is 25.0. The van der Waals surface area contributed by atoms with Gasteiger partial charge in [-0.2, -0.15) is 0 Å². The van der Waals surface area contributed by atoms with Crippen LogP contribution in [-0.4, -0.2) is 29.9 Å². The van der Waals surface area contributed by atoms with E-state index >= 15 is 0 Å². The molecule has 2 saturated carbocycles. The van der Waals surface area contributed by atoms with Gasteiger partial charge in [-0.3, -0.25) is 0 Å². The van der Waals surface area contributed by atoms with Crippen LogP contribution in [-0.2, 0) is 16.2 Å². The minimum Gasteiger partial charge on any atom is -0.208 e. The molecule has 6 nitrogen and oxygen atoms in total. The third-order valence-electron chi connectivity index (χ3n) is 25.0. The molecule has 2 heterocycles. The Morgan fingerprint density at radius 2 is 0.561 bits per heavy atom. The summed E-state index contributed by atoms with van der Waals surface area (Å²) in [7, 11) is 0. The maximum atomic E-state index is 5.26. The van der Waals surface area contributed by atoms with Gasteiger partial charge in [0.2, 0.25) is 0 Å². The molecule has 514 valence electrons. The van der Waals surface area contributed by atoms with E-state index in [2.05, 4.69) is 308 Å². The van der Waals surface area contributed by atoms with Crippen molar-refractivity contribution in [2.45, 2.75) is 83.5 Å². The average molecular weight is 1380 g/mol. The lowest BCUT2D eigenvalue weighted by molar-refractivity contribution is 0.0426. The molecule has 0 N–H and O–H groups in total. The molecule has 0 saturated heterocycles. The fourth-order valence-corrected chi connectivity index (χ4v) is 19.8. The molecule has 0 aliphatic heterocycles. The SMILES string of the molecule is CC1CC2CC(C)C3(c4ccc(-c5ccc(-c6ccc7c(c6)C(C)(C)c6cc(-c8nc(-c9ccccc9)nc(-c9ccc(-c%10ccccc%10)cc9)n8)ccc6-7)cc5)cc4-c4c(-c5ccc6c(c5)C(C)(C)c5cc(-c7nc(-c8ccccc8)nc(-c8ccc(-c9ccccc9)cc8)n7)ccc5-6)cccc43)C(C1)C2. The molecular formula is C101H80N6. The second-order valence-corrected chi connectivity index (χ2v) is 32.0. The van der Waals surface area contributed by atoms with Crippen molar-refractivity contribution < 1.29 is 0 Å². The van der Waals surface area contributed by atoms with E-state index in [9.17, 15) is 0 Å². The number of hydrogen-bond donors (Lipinski definition) is 0. The first-order valence-corrected chi connectivity index (χ1v) is 38.2. The maximum Gasteiger partial charge on any atom is 0.164 e. The van der Waals surface area contributed by atoms with Crippen molar-refractivity contribution in [1.29, 1.82) is 0 Å². The third-order valence-corrected chi connectivity index (χ3v) is 25.0. The first-order chi connectivity index (χ1) is 52.3. The summed E-state index contributed by atoms with van der Waals surface area (Å²) in [4.78, 5) is 31.1. The Morgan fingerprint density at radius 3 is 1.01 bits per heavy atom. The highest BCUT2D eigenvalue weighted by Crippen LogP contribution is 2.66. The standard InChI is InChI=1S/C101H80N6/c1-61-52-63-54-62(2)101(79(53-61)55-63)86-51-46-74(68-30-32-69(33-31-68)75-42-47-81-83-49-44-77(59-90(83)99(3,4)88(81)57-75)97-104-93(70-24-15-9-16-25-70)102-95(106-97)72-38-34-66(35-39-72)64-20-11-7-12-21-64)56-85(86)92-80(28-19-29-87(92)101)76-43-48-82-84-50-45-78(60-91(84)100(5,6)89(82)58-76)98-105-94(71-26-17-10-18-27-71)103-96(107-98)73-40-36-67(37-41-73)65-22-13-8-14-23-65/h7-51,56-63,79H,52-55H2,1-6H3. The summed E-state index contributed by atoms with van der Waals surface area (Å²) in [5, 5.41) is 0. The molecule has 13 aromatic carbocycles. The van der Waals surface area contributed by atoms with Crippen LogP contribution in [0.2, 0.25) is 0 Å². The molecule has 5 aliphatic rings. The quantitative estimate of drug-likeness (QED) is 0.128. The highest BCUT2D eigenvalue weighted by Gasteiger charge is 2.57. The van der Waals surface area contributed by atoms with Crippen molar-refractivity contribution >= 4 is 0 Å². The predicted molar refractivity (Wildman–Crippen MR) is 438 cm³/mol. The van der Waals surface area contributed by atoms with Gasteiger partial charge in [0.15, 0.2) is 34.9 Å². The average Bonchev–Trinajstić information content (AvgIpc) is 1.53. The lowest BCUT2D eigenvalue weighted by Gasteiger charge is -2.54. The zero-order chi connectivity index (χ0) is 71.9. The molecule has 0 radical (unpaired) electrons. The van der Waals surface area contributed by atoms with Gasteiger partial charge < -0.3 is 0 Å². The molecule has 2 bridgehead atoms. The first-order valence-electron chi connectivity index (χ1n) is 38.2. The van der Waals surface area contributed by atoms with Crippen LogP contribution in [0.25, 0.3) is 157 Å². The van der Waals surface area contributed by atoms with E-state index in [-0.39, 0.29) is 16.2 Å². The molecular weight excluding hydrogens is 1300 g/mol. The van der Waals surface area contributed by atoms with E-state index in [1.165, 1.54) is 137 Å². The second-order valence-electron chi connectivity index (χ2n) is 32.0. The Kier molecular flexibility index (Phi) is 15.1. The zero-order valence-corrected chi connectivity index (χ0v) is 61.2. The van der Waals surface area contributed by atoms with E-state index in [1.54, 1.807) is 0 Å². The van der Waals surface area contributed by atoms with Gasteiger partial charge in [-0.05, 0) is 202 Å². The van der Waals surface area contributed by atoms with Crippen molar-refractivity contribution in [3.63, 3.8) is 0 Å². The molecule has 5 atom stereocenters. The third kappa shape index (κ3) is 10.6. The molecule has 15 aromatic rings. The molecule has 107 heavy (non-hydrogen) atoms. The Hall–Kier alpha value is -12.1. The fourth-order valence-electron chi connectivity index (χ4n) is 19.8. The summed E-state index contributed by atoms with van der Waals surface area (Å²) >= 11 is 0. The van der Waals surface area contributed by atoms with Crippen LogP contribution >= 0.6 is 0 Å². The summed E-state index contributed by atoms with van der Waals surface area (Å²) in [6.45, 7) is 14.6.